The predicted molar refractivity (Wildman–Crippen MR) is 156 cm³/mol. The van der Waals surface area contributed by atoms with Crippen LogP contribution in [0.25, 0.3) is 0 Å². The largest absolute Gasteiger partial charge is 0.466 e. The number of nitro benzene ring substituents is 1. The van der Waals surface area contributed by atoms with Gasteiger partial charge >= 0.3 is 17.9 Å². The van der Waals surface area contributed by atoms with Crippen LogP contribution < -0.4 is 0 Å². The van der Waals surface area contributed by atoms with Crippen molar-refractivity contribution in [2.45, 2.75) is 26.2 Å². The van der Waals surface area contributed by atoms with Gasteiger partial charge in [0.1, 0.15) is 25.8 Å². The van der Waals surface area contributed by atoms with Gasteiger partial charge in [0, 0.05) is 49.5 Å². The number of methoxy groups -OCH3 is 2. The lowest BCUT2D eigenvalue weighted by Crippen LogP contribution is -2.36. The highest BCUT2D eigenvalue weighted by Gasteiger charge is 2.41. The number of carbonyl (C=O) groups excluding carboxylic acids is 3. The number of hydrogen-bond donors (Lipinski definition) is 1. The van der Waals surface area contributed by atoms with Crippen molar-refractivity contribution in [1.29, 1.82) is 0 Å². The zero-order valence-electron chi connectivity index (χ0n) is 24.7. The van der Waals surface area contributed by atoms with Crippen LogP contribution in [0, 0.1) is 10.1 Å². The maximum atomic E-state index is 13.6. The Hall–Kier alpha value is -5.30. The van der Waals surface area contributed by atoms with Crippen LogP contribution in [0.4, 0.5) is 5.69 Å². The second kappa shape index (κ2) is 14.2. The van der Waals surface area contributed by atoms with E-state index in [1.54, 1.807) is 61.5 Å². The maximum Gasteiger partial charge on any atom is 0.338 e. The Morgan fingerprint density at radius 2 is 1.61 bits per heavy atom. The number of aromatic amines is 1. The molecular formula is C31H32N4O9. The average Bonchev–Trinajstić information content (AvgIpc) is 3.54. The van der Waals surface area contributed by atoms with E-state index in [1.165, 1.54) is 32.4 Å². The molecule has 2 aromatic carbocycles. The number of rotatable bonds is 12. The van der Waals surface area contributed by atoms with E-state index in [4.69, 9.17) is 18.9 Å². The summed E-state index contributed by atoms with van der Waals surface area (Å²) in [6.45, 7) is 2.83. The summed E-state index contributed by atoms with van der Waals surface area (Å²) in [5.41, 5.74) is 2.43. The van der Waals surface area contributed by atoms with Crippen LogP contribution in [0.2, 0.25) is 0 Å². The molecule has 44 heavy (non-hydrogen) atoms. The van der Waals surface area contributed by atoms with Crippen molar-refractivity contribution in [3.05, 3.63) is 116 Å². The highest BCUT2D eigenvalue weighted by molar-refractivity contribution is 6.00. The second-order valence-electron chi connectivity index (χ2n) is 9.80. The Morgan fingerprint density at radius 3 is 2.20 bits per heavy atom. The van der Waals surface area contributed by atoms with Gasteiger partial charge in [-0.25, -0.2) is 19.4 Å². The number of hydrogen-bond acceptors (Lipinski definition) is 11. The third-order valence-electron chi connectivity index (χ3n) is 7.13. The molecule has 230 valence electrons. The minimum Gasteiger partial charge on any atom is -0.466 e. The summed E-state index contributed by atoms with van der Waals surface area (Å²) < 4.78 is 21.2. The van der Waals surface area contributed by atoms with Crippen LogP contribution in [0.1, 0.15) is 47.1 Å². The number of H-pyrrole nitrogens is 1. The highest BCUT2D eigenvalue weighted by Crippen LogP contribution is 2.43. The van der Waals surface area contributed by atoms with Gasteiger partial charge in [0.05, 0.1) is 34.7 Å². The van der Waals surface area contributed by atoms with E-state index in [0.29, 0.717) is 28.9 Å². The fraction of sp³-hybridized carbons (Fsp3) is 0.290. The van der Waals surface area contributed by atoms with E-state index in [0.717, 1.165) is 11.4 Å². The molecular weight excluding hydrogens is 572 g/mol. The third kappa shape index (κ3) is 7.01. The number of benzene rings is 2. The quantitative estimate of drug-likeness (QED) is 0.104. The van der Waals surface area contributed by atoms with Crippen molar-refractivity contribution in [2.75, 3.05) is 34.2 Å². The molecule has 2 heterocycles. The number of aromatic nitrogens is 2. The number of esters is 3. The number of nitrogens with zero attached hydrogens (tertiary/aromatic N) is 3. The summed E-state index contributed by atoms with van der Waals surface area (Å²) in [7, 11) is 2.67. The van der Waals surface area contributed by atoms with E-state index in [9.17, 15) is 24.5 Å². The normalized spacial score (nSPS) is 14.8. The summed E-state index contributed by atoms with van der Waals surface area (Å²) in [4.78, 5) is 59.0. The zero-order chi connectivity index (χ0) is 31.8. The number of allylic oxidation sites excluding steroid dienone is 2. The lowest BCUT2D eigenvalue weighted by molar-refractivity contribution is -0.384. The molecule has 1 aliphatic rings. The van der Waals surface area contributed by atoms with Crippen LogP contribution in [0.5, 0.6) is 0 Å². The molecule has 0 saturated heterocycles. The molecule has 0 radical (unpaired) electrons. The Kier molecular flexibility index (Phi) is 10.2. The first-order valence-corrected chi connectivity index (χ1v) is 13.6. The van der Waals surface area contributed by atoms with Gasteiger partial charge in [0.15, 0.2) is 0 Å². The zero-order valence-corrected chi connectivity index (χ0v) is 24.7. The summed E-state index contributed by atoms with van der Waals surface area (Å²) >= 11 is 0. The SMILES string of the molecule is COCN1C(C)=C(C(=O)OC)C(c2cccc([N+](=O)[O-])c2)C(C(=O)OCCOC(=O)c2ccc(Cc3ncc[nH]3)cc2)=C1C. The summed E-state index contributed by atoms with van der Waals surface area (Å²) in [5.74, 6) is -2.35. The highest BCUT2D eigenvalue weighted by atomic mass is 16.6. The summed E-state index contributed by atoms with van der Waals surface area (Å²) in [5, 5.41) is 11.5. The molecule has 1 N–H and O–H groups in total. The van der Waals surface area contributed by atoms with Crippen molar-refractivity contribution in [1.82, 2.24) is 14.9 Å². The van der Waals surface area contributed by atoms with E-state index in [-0.39, 0.29) is 36.8 Å². The van der Waals surface area contributed by atoms with Crippen LogP contribution in [-0.2, 0) is 35.0 Å². The van der Waals surface area contributed by atoms with Crippen molar-refractivity contribution >= 4 is 23.6 Å². The molecule has 1 aromatic heterocycles. The molecule has 1 aliphatic heterocycles. The lowest BCUT2D eigenvalue weighted by Gasteiger charge is -2.37. The standard InChI is InChI=1S/C31H32N4O9/c1-19-26(30(37)42-4)28(23-6-5-7-24(17-23)35(39)40)27(20(2)34(19)18-41-3)31(38)44-15-14-43-29(36)22-10-8-21(9-11-22)16-25-32-12-13-33-25/h5-13,17,28H,14-16,18H2,1-4H3,(H,32,33). The third-order valence-corrected chi connectivity index (χ3v) is 7.13. The first-order chi connectivity index (χ1) is 21.2. The van der Waals surface area contributed by atoms with Crippen molar-refractivity contribution in [3.8, 4) is 0 Å². The Balaban J connectivity index is 1.51. The molecule has 1 unspecified atom stereocenters. The van der Waals surface area contributed by atoms with Gasteiger partial charge < -0.3 is 28.8 Å². The molecule has 0 saturated carbocycles. The number of nitrogens with one attached hydrogen (secondary N) is 1. The number of carbonyl (C=O) groups is 3. The smallest absolute Gasteiger partial charge is 0.338 e. The fourth-order valence-corrected chi connectivity index (χ4v) is 5.00. The first-order valence-electron chi connectivity index (χ1n) is 13.6. The number of non-ortho nitro benzene ring substituents is 1. The Morgan fingerprint density at radius 1 is 0.955 bits per heavy atom. The predicted octanol–water partition coefficient (Wildman–Crippen LogP) is 4.03. The van der Waals surface area contributed by atoms with E-state index >= 15 is 0 Å². The molecule has 0 fully saturated rings. The van der Waals surface area contributed by atoms with Crippen molar-refractivity contribution in [3.63, 3.8) is 0 Å². The van der Waals surface area contributed by atoms with Gasteiger partial charge in [-0.3, -0.25) is 10.1 Å². The van der Waals surface area contributed by atoms with E-state index < -0.39 is 28.7 Å². The minimum atomic E-state index is -1.04. The monoisotopic (exact) mass is 604 g/mol. The number of ether oxygens (including phenoxy) is 4. The topological polar surface area (TPSA) is 163 Å². The van der Waals surface area contributed by atoms with Gasteiger partial charge in [-0.05, 0) is 37.1 Å². The van der Waals surface area contributed by atoms with Gasteiger partial charge in [0.2, 0.25) is 0 Å². The summed E-state index contributed by atoms with van der Waals surface area (Å²) in [6.07, 6.45) is 3.98. The fourth-order valence-electron chi connectivity index (χ4n) is 5.00. The molecule has 13 heteroatoms. The number of imidazole rings is 1. The molecule has 0 spiro atoms. The molecule has 0 bridgehead atoms. The van der Waals surface area contributed by atoms with Crippen LogP contribution in [0.3, 0.4) is 0 Å². The molecule has 1 atom stereocenters. The molecule has 0 amide bonds. The van der Waals surface area contributed by atoms with E-state index in [2.05, 4.69) is 9.97 Å². The lowest BCUT2D eigenvalue weighted by atomic mass is 9.79. The first kappa shape index (κ1) is 31.6. The molecule has 13 nitrogen and oxygen atoms in total. The minimum absolute atomic E-state index is 0.00845. The molecule has 4 rings (SSSR count). The summed E-state index contributed by atoms with van der Waals surface area (Å²) in [6, 6.07) is 12.5. The molecule has 3 aromatic rings. The van der Waals surface area contributed by atoms with Gasteiger partial charge in [-0.15, -0.1) is 0 Å². The van der Waals surface area contributed by atoms with Crippen LogP contribution in [0.15, 0.2) is 83.5 Å². The van der Waals surface area contributed by atoms with E-state index in [1.807, 2.05) is 0 Å². The maximum absolute atomic E-state index is 13.6. The van der Waals surface area contributed by atoms with Gasteiger partial charge in [0.25, 0.3) is 5.69 Å². The van der Waals surface area contributed by atoms with Crippen LogP contribution >= 0.6 is 0 Å². The van der Waals surface area contributed by atoms with Crippen LogP contribution in [-0.4, -0.2) is 71.9 Å². The second-order valence-corrected chi connectivity index (χ2v) is 9.80. The number of nitro groups is 1. The Bertz CT molecular complexity index is 1590. The average molecular weight is 605 g/mol. The van der Waals surface area contributed by atoms with Gasteiger partial charge in [-0.2, -0.15) is 0 Å². The van der Waals surface area contributed by atoms with Gasteiger partial charge in [-0.1, -0.05) is 24.3 Å². The molecule has 0 aliphatic carbocycles. The van der Waals surface area contributed by atoms with Crippen molar-refractivity contribution < 1.29 is 38.3 Å². The van der Waals surface area contributed by atoms with Crippen molar-refractivity contribution in [2.24, 2.45) is 0 Å². The Labute approximate surface area is 253 Å².